The summed E-state index contributed by atoms with van der Waals surface area (Å²) in [6.45, 7) is 6.49. The summed E-state index contributed by atoms with van der Waals surface area (Å²) in [7, 11) is 1.99. The van der Waals surface area contributed by atoms with Gasteiger partial charge in [-0.2, -0.15) is 5.26 Å². The number of anilines is 2. The van der Waals surface area contributed by atoms with Crippen molar-refractivity contribution in [1.82, 2.24) is 20.0 Å². The van der Waals surface area contributed by atoms with E-state index in [0.29, 0.717) is 44.6 Å². The second-order valence-corrected chi connectivity index (χ2v) is 12.8. The lowest BCUT2D eigenvalue weighted by Gasteiger charge is -2.34. The van der Waals surface area contributed by atoms with Crippen LogP contribution in [-0.2, 0) is 5.44 Å². The third-order valence-corrected chi connectivity index (χ3v) is 8.38. The molecule has 3 aromatic carbocycles. The Balaban J connectivity index is 1.48. The first-order chi connectivity index (χ1) is 20.6. The molecule has 0 aliphatic heterocycles. The molecule has 1 fully saturated rings. The third-order valence-electron chi connectivity index (χ3n) is 8.09. The van der Waals surface area contributed by atoms with Crippen LogP contribution in [0.4, 0.5) is 15.8 Å². The van der Waals surface area contributed by atoms with E-state index in [-0.39, 0.29) is 17.3 Å². The fraction of sp³-hybridized carbons (Fsp3) is 0.273. The lowest BCUT2D eigenvalue weighted by Crippen LogP contribution is -2.37. The summed E-state index contributed by atoms with van der Waals surface area (Å²) in [5.41, 5.74) is 3.90. The lowest BCUT2D eigenvalue weighted by atomic mass is 9.69. The number of halogens is 2. The molecule has 0 saturated heterocycles. The molecule has 0 radical (unpaired) electrons. The number of hydrogen-bond acceptors (Lipinski definition) is 6. The molecule has 0 spiro atoms. The van der Waals surface area contributed by atoms with Crippen molar-refractivity contribution >= 4 is 41.7 Å². The second-order valence-electron chi connectivity index (χ2n) is 12.4. The largest absolute Gasteiger partial charge is 0.378 e. The van der Waals surface area contributed by atoms with Crippen LogP contribution in [0.25, 0.3) is 10.9 Å². The summed E-state index contributed by atoms with van der Waals surface area (Å²) < 4.78 is 15.9. The van der Waals surface area contributed by atoms with Gasteiger partial charge < -0.3 is 10.6 Å². The highest BCUT2D eigenvalue weighted by molar-refractivity contribution is 6.36. The molecule has 2 unspecified atom stereocenters. The molecule has 43 heavy (non-hydrogen) atoms. The van der Waals surface area contributed by atoms with Crippen LogP contribution >= 0.6 is 11.6 Å². The Labute approximate surface area is 256 Å². The fourth-order valence-corrected chi connectivity index (χ4v) is 5.81. The van der Waals surface area contributed by atoms with Gasteiger partial charge in [0.2, 0.25) is 0 Å². The van der Waals surface area contributed by atoms with E-state index in [0.717, 1.165) is 24.0 Å². The topological polar surface area (TPSA) is 91.5 Å². The molecular weight excluding hydrogens is 560 g/mol. The Morgan fingerprint density at radius 1 is 1.09 bits per heavy atom. The van der Waals surface area contributed by atoms with Gasteiger partial charge in [0.25, 0.3) is 0 Å². The molecule has 7 nitrogen and oxygen atoms in total. The number of rotatable bonds is 8. The average Bonchev–Trinajstić information content (AvgIpc) is 3.71. The molecule has 6 rings (SSSR count). The predicted molar refractivity (Wildman–Crippen MR) is 171 cm³/mol. The fourth-order valence-electron chi connectivity index (χ4n) is 5.54. The molecule has 0 bridgehead atoms. The van der Waals surface area contributed by atoms with E-state index in [2.05, 4.69) is 64.9 Å². The standard InChI is InChI=1S/C33H32BClFN7/c1-32(2,3)31(20-7-5-4-6-8-20)39-29-21(17-37)18-38-30-26(29)15-24(16-27(30)35)40-33(34,22-9-11-23(36)12-10-22)28-19-43(42-41-28)25-13-14-25/h4-12,15-16,18-19,25,31,40H,13-14,34H2,1-3H3,(H,38,39). The Morgan fingerprint density at radius 3 is 2.47 bits per heavy atom. The highest BCUT2D eigenvalue weighted by atomic mass is 35.5. The monoisotopic (exact) mass is 591 g/mol. The summed E-state index contributed by atoms with van der Waals surface area (Å²) in [4.78, 5) is 4.56. The van der Waals surface area contributed by atoms with Crippen molar-refractivity contribution in [3.05, 3.63) is 112 Å². The summed E-state index contributed by atoms with van der Waals surface area (Å²) >= 11 is 6.87. The molecule has 5 aromatic rings. The van der Waals surface area contributed by atoms with E-state index >= 15 is 0 Å². The van der Waals surface area contributed by atoms with Gasteiger partial charge >= 0.3 is 0 Å². The van der Waals surface area contributed by atoms with E-state index in [1.165, 1.54) is 12.1 Å². The molecule has 0 amide bonds. The normalized spacial score (nSPS) is 15.4. The maximum atomic E-state index is 14.0. The van der Waals surface area contributed by atoms with Crippen molar-refractivity contribution in [3.63, 3.8) is 0 Å². The molecular formula is C33H32BClFN7. The first-order valence-corrected chi connectivity index (χ1v) is 14.7. The first kappa shape index (κ1) is 28.7. The van der Waals surface area contributed by atoms with Gasteiger partial charge in [0.05, 0.1) is 45.5 Å². The van der Waals surface area contributed by atoms with Crippen LogP contribution in [0.15, 0.2) is 79.1 Å². The number of fused-ring (bicyclic) bond motifs is 1. The summed E-state index contributed by atoms with van der Waals surface area (Å²) in [6.07, 6.45) is 5.67. The SMILES string of the molecule is BC(Nc1cc(Cl)c2ncc(C#N)c(NC(c3ccccc3)C(C)(C)C)c2c1)(c1ccc(F)cc1)c1cn(C2CC2)nn1. The molecule has 2 aromatic heterocycles. The van der Waals surface area contributed by atoms with Gasteiger partial charge in [0.1, 0.15) is 25.4 Å². The summed E-state index contributed by atoms with van der Waals surface area (Å²) in [5.74, 6) is -0.320. The zero-order valence-corrected chi connectivity index (χ0v) is 25.3. The zero-order chi connectivity index (χ0) is 30.4. The van der Waals surface area contributed by atoms with Gasteiger partial charge in [-0.1, -0.05) is 80.1 Å². The minimum atomic E-state index is -0.871. The highest BCUT2D eigenvalue weighted by Gasteiger charge is 2.35. The lowest BCUT2D eigenvalue weighted by molar-refractivity contribution is 0.347. The average molecular weight is 592 g/mol. The van der Waals surface area contributed by atoms with Crippen molar-refractivity contribution in [2.24, 2.45) is 5.41 Å². The minimum Gasteiger partial charge on any atom is -0.378 e. The van der Waals surface area contributed by atoms with Crippen molar-refractivity contribution in [3.8, 4) is 6.07 Å². The van der Waals surface area contributed by atoms with E-state index in [4.69, 9.17) is 11.6 Å². The van der Waals surface area contributed by atoms with Gasteiger partial charge in [-0.15, -0.1) is 5.10 Å². The van der Waals surface area contributed by atoms with Gasteiger partial charge in [0.15, 0.2) is 0 Å². The number of nitriles is 1. The Kier molecular flexibility index (Phi) is 7.35. The Morgan fingerprint density at radius 2 is 1.81 bits per heavy atom. The number of pyridine rings is 1. The molecule has 2 atom stereocenters. The van der Waals surface area contributed by atoms with E-state index < -0.39 is 5.44 Å². The molecule has 2 N–H and O–H groups in total. The molecule has 1 saturated carbocycles. The minimum absolute atomic E-state index is 0.108. The van der Waals surface area contributed by atoms with Crippen molar-refractivity contribution in [2.75, 3.05) is 10.6 Å². The van der Waals surface area contributed by atoms with Gasteiger partial charge in [-0.25, -0.2) is 9.07 Å². The van der Waals surface area contributed by atoms with Crippen molar-refractivity contribution < 1.29 is 4.39 Å². The number of nitrogens with one attached hydrogen (secondary N) is 2. The molecule has 216 valence electrons. The summed E-state index contributed by atoms with van der Waals surface area (Å²) in [5, 5.41) is 27.5. The highest BCUT2D eigenvalue weighted by Crippen LogP contribution is 2.42. The third kappa shape index (κ3) is 5.67. The van der Waals surface area contributed by atoms with E-state index in [9.17, 15) is 9.65 Å². The number of benzene rings is 3. The second kappa shape index (κ2) is 11.0. The van der Waals surface area contributed by atoms with Crippen LogP contribution in [0.3, 0.4) is 0 Å². The smallest absolute Gasteiger partial charge is 0.148 e. The van der Waals surface area contributed by atoms with Gasteiger partial charge in [-0.3, -0.25) is 4.98 Å². The van der Waals surface area contributed by atoms with E-state index in [1.807, 2.05) is 49.1 Å². The van der Waals surface area contributed by atoms with Crippen molar-refractivity contribution in [1.29, 1.82) is 5.26 Å². The van der Waals surface area contributed by atoms with Crippen LogP contribution in [-0.4, -0.2) is 27.8 Å². The van der Waals surface area contributed by atoms with Crippen LogP contribution in [0.2, 0.25) is 5.02 Å². The van der Waals surface area contributed by atoms with E-state index in [1.54, 1.807) is 18.3 Å². The number of nitrogens with zero attached hydrogens (tertiary/aromatic N) is 5. The Bertz CT molecular complexity index is 1830. The first-order valence-electron chi connectivity index (χ1n) is 14.4. The maximum Gasteiger partial charge on any atom is 0.148 e. The maximum absolute atomic E-state index is 14.0. The van der Waals surface area contributed by atoms with Gasteiger partial charge in [-0.05, 0) is 53.6 Å². The molecule has 2 heterocycles. The van der Waals surface area contributed by atoms with Gasteiger partial charge in [0, 0.05) is 17.3 Å². The molecule has 1 aliphatic carbocycles. The van der Waals surface area contributed by atoms with Crippen LogP contribution in [0, 0.1) is 22.6 Å². The van der Waals surface area contributed by atoms with Crippen molar-refractivity contribution in [2.45, 2.75) is 51.1 Å². The zero-order valence-electron chi connectivity index (χ0n) is 24.6. The summed E-state index contributed by atoms with van der Waals surface area (Å²) in [6, 6.07) is 22.9. The predicted octanol–water partition coefficient (Wildman–Crippen LogP) is 6.97. The van der Waals surface area contributed by atoms with Crippen LogP contribution in [0.5, 0.6) is 0 Å². The number of aromatic nitrogens is 4. The van der Waals surface area contributed by atoms with Crippen LogP contribution in [0.1, 0.15) is 68.1 Å². The number of hydrogen-bond donors (Lipinski definition) is 2. The van der Waals surface area contributed by atoms with Crippen LogP contribution < -0.4 is 10.6 Å². The molecule has 1 aliphatic rings. The Hall–Kier alpha value is -4.42. The molecule has 10 heteroatoms. The quantitative estimate of drug-likeness (QED) is 0.189.